The van der Waals surface area contributed by atoms with Gasteiger partial charge in [0.15, 0.2) is 0 Å². The molecule has 1 amide bonds. The van der Waals surface area contributed by atoms with Crippen molar-refractivity contribution in [1.82, 2.24) is 10.6 Å². The van der Waals surface area contributed by atoms with E-state index >= 15 is 0 Å². The molecule has 0 aromatic carbocycles. The largest absolute Gasteiger partial charge is 0.355 e. The van der Waals surface area contributed by atoms with Gasteiger partial charge >= 0.3 is 0 Å². The molecule has 0 aromatic rings. The first-order chi connectivity index (χ1) is 10.3. The van der Waals surface area contributed by atoms with Gasteiger partial charge in [-0.15, -0.1) is 0 Å². The Balaban J connectivity index is 1.33. The van der Waals surface area contributed by atoms with E-state index in [4.69, 9.17) is 0 Å². The molecule has 3 heteroatoms. The molecule has 2 saturated carbocycles. The average Bonchev–Trinajstić information content (AvgIpc) is 3.04. The Labute approximate surface area is 129 Å². The molecule has 3 nitrogen and oxygen atoms in total. The molecule has 3 aliphatic rings. The highest BCUT2D eigenvalue weighted by molar-refractivity contribution is 5.81. The van der Waals surface area contributed by atoms with Crippen LogP contribution >= 0.6 is 0 Å². The van der Waals surface area contributed by atoms with Crippen LogP contribution in [-0.4, -0.2) is 24.5 Å². The van der Waals surface area contributed by atoms with Crippen LogP contribution in [0.4, 0.5) is 0 Å². The van der Waals surface area contributed by atoms with Gasteiger partial charge in [0, 0.05) is 12.6 Å². The molecule has 1 saturated heterocycles. The summed E-state index contributed by atoms with van der Waals surface area (Å²) in [7, 11) is 0. The molecule has 1 aliphatic heterocycles. The van der Waals surface area contributed by atoms with Crippen molar-refractivity contribution in [2.45, 2.75) is 89.1 Å². The Morgan fingerprint density at radius 1 is 0.952 bits per heavy atom. The van der Waals surface area contributed by atoms with E-state index in [-0.39, 0.29) is 11.9 Å². The van der Waals surface area contributed by atoms with Gasteiger partial charge < -0.3 is 10.6 Å². The first-order valence-electron chi connectivity index (χ1n) is 9.36. The minimum Gasteiger partial charge on any atom is -0.355 e. The van der Waals surface area contributed by atoms with Crippen LogP contribution in [0.5, 0.6) is 0 Å². The normalized spacial score (nSPS) is 33.6. The van der Waals surface area contributed by atoms with Crippen LogP contribution in [-0.2, 0) is 4.79 Å². The second kappa shape index (κ2) is 7.62. The molecule has 2 aliphatic carbocycles. The summed E-state index contributed by atoms with van der Waals surface area (Å²) in [5.74, 6) is 2.04. The number of fused-ring (bicyclic) bond motifs is 1. The molecule has 2 N–H and O–H groups in total. The van der Waals surface area contributed by atoms with Crippen molar-refractivity contribution in [2.75, 3.05) is 6.54 Å². The zero-order valence-electron chi connectivity index (χ0n) is 13.4. The standard InChI is InChI=1S/C18H32N2O/c21-18(19-13-5-8-14-6-1-2-7-14)17-12-11-15-9-3-4-10-16(15)20-17/h14-17,20H,1-13H2,(H,19,21). The molecular weight excluding hydrogens is 260 g/mol. The van der Waals surface area contributed by atoms with Crippen molar-refractivity contribution >= 4 is 5.91 Å². The van der Waals surface area contributed by atoms with Crippen LogP contribution in [0.3, 0.4) is 0 Å². The number of hydrogen-bond donors (Lipinski definition) is 2. The summed E-state index contributed by atoms with van der Waals surface area (Å²) in [6, 6.07) is 0.692. The van der Waals surface area contributed by atoms with Gasteiger partial charge in [0.05, 0.1) is 6.04 Å². The SMILES string of the molecule is O=C(NCCCC1CCCC1)C1CCC2CCCCC2N1. The number of piperidine rings is 1. The van der Waals surface area contributed by atoms with Crippen molar-refractivity contribution in [3.8, 4) is 0 Å². The highest BCUT2D eigenvalue weighted by atomic mass is 16.2. The number of amides is 1. The Morgan fingerprint density at radius 3 is 2.57 bits per heavy atom. The maximum atomic E-state index is 12.3. The smallest absolute Gasteiger partial charge is 0.237 e. The summed E-state index contributed by atoms with van der Waals surface area (Å²) in [5, 5.41) is 6.80. The summed E-state index contributed by atoms with van der Waals surface area (Å²) in [4.78, 5) is 12.3. The quantitative estimate of drug-likeness (QED) is 0.763. The minimum atomic E-state index is 0.0795. The molecule has 3 rings (SSSR count). The fourth-order valence-electron chi connectivity index (χ4n) is 4.73. The average molecular weight is 292 g/mol. The Kier molecular flexibility index (Phi) is 5.56. The third kappa shape index (κ3) is 4.21. The first-order valence-corrected chi connectivity index (χ1v) is 9.36. The molecule has 3 fully saturated rings. The Morgan fingerprint density at radius 2 is 1.71 bits per heavy atom. The summed E-state index contributed by atoms with van der Waals surface area (Å²) in [6.45, 7) is 0.877. The number of carbonyl (C=O) groups excluding carboxylic acids is 1. The molecule has 21 heavy (non-hydrogen) atoms. The number of carbonyl (C=O) groups is 1. The van der Waals surface area contributed by atoms with Crippen LogP contribution in [0, 0.1) is 11.8 Å². The molecule has 0 bridgehead atoms. The van der Waals surface area contributed by atoms with Gasteiger partial charge in [-0.2, -0.15) is 0 Å². The van der Waals surface area contributed by atoms with Crippen molar-refractivity contribution < 1.29 is 4.79 Å². The molecule has 3 atom stereocenters. The summed E-state index contributed by atoms with van der Waals surface area (Å²) in [5.41, 5.74) is 0. The van der Waals surface area contributed by atoms with Crippen molar-refractivity contribution in [2.24, 2.45) is 11.8 Å². The fraction of sp³-hybridized carbons (Fsp3) is 0.944. The van der Waals surface area contributed by atoms with E-state index in [9.17, 15) is 4.79 Å². The monoisotopic (exact) mass is 292 g/mol. The van der Waals surface area contributed by atoms with Gasteiger partial charge in [0.2, 0.25) is 5.91 Å². The van der Waals surface area contributed by atoms with E-state index in [1.807, 2.05) is 0 Å². The molecule has 0 spiro atoms. The molecule has 120 valence electrons. The third-order valence-corrected chi connectivity index (χ3v) is 6.03. The maximum Gasteiger partial charge on any atom is 0.237 e. The first kappa shape index (κ1) is 15.3. The van der Waals surface area contributed by atoms with Crippen LogP contribution in [0.15, 0.2) is 0 Å². The van der Waals surface area contributed by atoms with E-state index in [0.717, 1.165) is 31.2 Å². The topological polar surface area (TPSA) is 41.1 Å². The summed E-state index contributed by atoms with van der Waals surface area (Å²) in [6.07, 6.45) is 15.8. The number of hydrogen-bond acceptors (Lipinski definition) is 2. The van der Waals surface area contributed by atoms with E-state index in [1.165, 1.54) is 64.2 Å². The summed E-state index contributed by atoms with van der Waals surface area (Å²) >= 11 is 0. The zero-order chi connectivity index (χ0) is 14.5. The highest BCUT2D eigenvalue weighted by Crippen LogP contribution is 2.32. The van der Waals surface area contributed by atoms with Crippen LogP contribution in [0.25, 0.3) is 0 Å². The lowest BCUT2D eigenvalue weighted by Gasteiger charge is -2.39. The van der Waals surface area contributed by atoms with Gasteiger partial charge in [-0.05, 0) is 50.4 Å². The molecule has 0 radical (unpaired) electrons. The Hall–Kier alpha value is -0.570. The van der Waals surface area contributed by atoms with Crippen molar-refractivity contribution in [1.29, 1.82) is 0 Å². The zero-order valence-corrected chi connectivity index (χ0v) is 13.4. The van der Waals surface area contributed by atoms with Crippen molar-refractivity contribution in [3.05, 3.63) is 0 Å². The van der Waals surface area contributed by atoms with Crippen LogP contribution in [0.1, 0.15) is 77.0 Å². The molecule has 0 aromatic heterocycles. The number of rotatable bonds is 5. The summed E-state index contributed by atoms with van der Waals surface area (Å²) < 4.78 is 0. The van der Waals surface area contributed by atoms with Gasteiger partial charge in [0.25, 0.3) is 0 Å². The van der Waals surface area contributed by atoms with E-state index in [2.05, 4.69) is 10.6 Å². The minimum absolute atomic E-state index is 0.0795. The predicted octanol–water partition coefficient (Wildman–Crippen LogP) is 3.38. The fourth-order valence-corrected chi connectivity index (χ4v) is 4.73. The van der Waals surface area contributed by atoms with E-state index in [1.54, 1.807) is 0 Å². The highest BCUT2D eigenvalue weighted by Gasteiger charge is 2.34. The lowest BCUT2D eigenvalue weighted by Crippen LogP contribution is -2.55. The number of nitrogens with one attached hydrogen (secondary N) is 2. The van der Waals surface area contributed by atoms with Gasteiger partial charge in [-0.3, -0.25) is 4.79 Å². The molecule has 1 heterocycles. The van der Waals surface area contributed by atoms with Crippen molar-refractivity contribution in [3.63, 3.8) is 0 Å². The third-order valence-electron chi connectivity index (χ3n) is 6.03. The second-order valence-electron chi connectivity index (χ2n) is 7.53. The van der Waals surface area contributed by atoms with Gasteiger partial charge in [-0.25, -0.2) is 0 Å². The molecular formula is C18H32N2O. The van der Waals surface area contributed by atoms with E-state index in [0.29, 0.717) is 6.04 Å². The lowest BCUT2D eigenvalue weighted by molar-refractivity contribution is -0.124. The van der Waals surface area contributed by atoms with Gasteiger partial charge in [0.1, 0.15) is 0 Å². The predicted molar refractivity (Wildman–Crippen MR) is 86.1 cm³/mol. The van der Waals surface area contributed by atoms with Crippen LogP contribution in [0.2, 0.25) is 0 Å². The maximum absolute atomic E-state index is 12.3. The lowest BCUT2D eigenvalue weighted by atomic mass is 9.77. The van der Waals surface area contributed by atoms with E-state index < -0.39 is 0 Å². The second-order valence-corrected chi connectivity index (χ2v) is 7.53. The van der Waals surface area contributed by atoms with Crippen LogP contribution < -0.4 is 10.6 Å². The van der Waals surface area contributed by atoms with Gasteiger partial charge in [-0.1, -0.05) is 38.5 Å². The Bertz CT molecular complexity index is 338. The molecule has 3 unspecified atom stereocenters.